The van der Waals surface area contributed by atoms with Crippen LogP contribution >= 0.6 is 0 Å². The van der Waals surface area contributed by atoms with Crippen LogP contribution in [-0.2, 0) is 4.79 Å². The minimum absolute atomic E-state index is 0.0545. The van der Waals surface area contributed by atoms with E-state index < -0.39 is 0 Å². The predicted molar refractivity (Wildman–Crippen MR) is 53.5 cm³/mol. The molecule has 1 N–H and O–H groups in total. The van der Waals surface area contributed by atoms with Crippen LogP contribution in [-0.4, -0.2) is 12.5 Å². The smallest absolute Gasteiger partial charge is 0.227 e. The van der Waals surface area contributed by atoms with Gasteiger partial charge in [-0.25, -0.2) is 0 Å². The number of rotatable bonds is 3. The summed E-state index contributed by atoms with van der Waals surface area (Å²) in [4.78, 5) is 11.4. The van der Waals surface area contributed by atoms with Gasteiger partial charge in [0.05, 0.1) is 5.92 Å². The van der Waals surface area contributed by atoms with Crippen molar-refractivity contribution < 1.29 is 4.79 Å². The fraction of sp³-hybridized carbons (Fsp3) is 0.364. The molecule has 0 aliphatic rings. The Bertz CT molecular complexity index is 269. The van der Waals surface area contributed by atoms with Crippen LogP contribution in [0, 0.1) is 0 Å². The second kappa shape index (κ2) is 4.65. The fourth-order valence-corrected chi connectivity index (χ4v) is 1.22. The molecule has 1 unspecified atom stereocenters. The first-order valence-electron chi connectivity index (χ1n) is 4.58. The number of likely N-dealkylation sites (N-methyl/N-ethyl adjacent to an activating group) is 1. The molecule has 1 rings (SSSR count). The Balaban J connectivity index is 2.68. The standard InChI is InChI=1S/C11H15NO/c1-3-12-11(13)9(2)10-7-5-4-6-8-10/h4-9H,3H2,1-2H3,(H,12,13). The van der Waals surface area contributed by atoms with E-state index in [-0.39, 0.29) is 11.8 Å². The third kappa shape index (κ3) is 2.58. The molecule has 0 heterocycles. The van der Waals surface area contributed by atoms with E-state index in [0.717, 1.165) is 5.56 Å². The van der Waals surface area contributed by atoms with Crippen LogP contribution in [0.5, 0.6) is 0 Å². The minimum Gasteiger partial charge on any atom is -0.356 e. The highest BCUT2D eigenvalue weighted by Crippen LogP contribution is 2.13. The lowest BCUT2D eigenvalue weighted by atomic mass is 10.0. The summed E-state index contributed by atoms with van der Waals surface area (Å²) in [6, 6.07) is 9.80. The van der Waals surface area contributed by atoms with Crippen LogP contribution in [0.4, 0.5) is 0 Å². The molecule has 0 radical (unpaired) electrons. The Morgan fingerprint density at radius 1 is 1.38 bits per heavy atom. The van der Waals surface area contributed by atoms with E-state index in [2.05, 4.69) is 5.32 Å². The number of hydrogen-bond acceptors (Lipinski definition) is 1. The van der Waals surface area contributed by atoms with Gasteiger partial charge in [0.25, 0.3) is 0 Å². The molecule has 0 aromatic heterocycles. The number of carbonyl (C=O) groups excluding carboxylic acids is 1. The van der Waals surface area contributed by atoms with Gasteiger partial charge in [-0.15, -0.1) is 0 Å². The molecule has 1 amide bonds. The van der Waals surface area contributed by atoms with Gasteiger partial charge >= 0.3 is 0 Å². The monoisotopic (exact) mass is 177 g/mol. The van der Waals surface area contributed by atoms with Crippen molar-refractivity contribution in [3.8, 4) is 0 Å². The summed E-state index contributed by atoms with van der Waals surface area (Å²) < 4.78 is 0. The van der Waals surface area contributed by atoms with E-state index in [4.69, 9.17) is 0 Å². The van der Waals surface area contributed by atoms with Crippen molar-refractivity contribution in [1.29, 1.82) is 0 Å². The molecule has 1 aromatic rings. The normalized spacial score (nSPS) is 12.2. The topological polar surface area (TPSA) is 29.1 Å². The zero-order chi connectivity index (χ0) is 9.68. The summed E-state index contributed by atoms with van der Waals surface area (Å²) in [5, 5.41) is 2.80. The lowest BCUT2D eigenvalue weighted by Gasteiger charge is -2.10. The quantitative estimate of drug-likeness (QED) is 0.751. The van der Waals surface area contributed by atoms with Gasteiger partial charge in [-0.05, 0) is 19.4 Å². The van der Waals surface area contributed by atoms with Crippen molar-refractivity contribution in [1.82, 2.24) is 5.32 Å². The van der Waals surface area contributed by atoms with Crippen molar-refractivity contribution in [3.63, 3.8) is 0 Å². The van der Waals surface area contributed by atoms with E-state index in [1.54, 1.807) is 0 Å². The van der Waals surface area contributed by atoms with Gasteiger partial charge in [0.15, 0.2) is 0 Å². The van der Waals surface area contributed by atoms with Gasteiger partial charge in [-0.3, -0.25) is 4.79 Å². The van der Waals surface area contributed by atoms with Crippen molar-refractivity contribution >= 4 is 5.91 Å². The van der Waals surface area contributed by atoms with Crippen LogP contribution in [0.15, 0.2) is 30.3 Å². The lowest BCUT2D eigenvalue weighted by molar-refractivity contribution is -0.122. The highest BCUT2D eigenvalue weighted by atomic mass is 16.1. The molecule has 1 atom stereocenters. The summed E-state index contributed by atoms with van der Waals surface area (Å²) >= 11 is 0. The number of benzene rings is 1. The number of hydrogen-bond donors (Lipinski definition) is 1. The molecule has 0 aliphatic heterocycles. The number of amides is 1. The van der Waals surface area contributed by atoms with Gasteiger partial charge in [-0.1, -0.05) is 30.3 Å². The van der Waals surface area contributed by atoms with Gasteiger partial charge < -0.3 is 5.32 Å². The van der Waals surface area contributed by atoms with Gasteiger partial charge in [0, 0.05) is 6.54 Å². The molecule has 0 bridgehead atoms. The molecule has 1 aromatic carbocycles. The number of carbonyl (C=O) groups is 1. The fourth-order valence-electron chi connectivity index (χ4n) is 1.22. The van der Waals surface area contributed by atoms with Crippen molar-refractivity contribution in [2.24, 2.45) is 0 Å². The molecular weight excluding hydrogens is 162 g/mol. The third-order valence-corrected chi connectivity index (χ3v) is 2.04. The maximum absolute atomic E-state index is 11.4. The lowest BCUT2D eigenvalue weighted by Crippen LogP contribution is -2.27. The van der Waals surface area contributed by atoms with Crippen molar-refractivity contribution in [2.45, 2.75) is 19.8 Å². The second-order valence-electron chi connectivity index (χ2n) is 3.03. The largest absolute Gasteiger partial charge is 0.356 e. The van der Waals surface area contributed by atoms with Gasteiger partial charge in [0.1, 0.15) is 0 Å². The van der Waals surface area contributed by atoms with Crippen LogP contribution < -0.4 is 5.32 Å². The molecule has 0 saturated carbocycles. The first-order chi connectivity index (χ1) is 6.25. The Morgan fingerprint density at radius 3 is 2.54 bits per heavy atom. The number of nitrogens with one attached hydrogen (secondary N) is 1. The molecule has 13 heavy (non-hydrogen) atoms. The van der Waals surface area contributed by atoms with Crippen molar-refractivity contribution in [2.75, 3.05) is 6.54 Å². The maximum atomic E-state index is 11.4. The molecule has 0 fully saturated rings. The minimum atomic E-state index is -0.0545. The third-order valence-electron chi connectivity index (χ3n) is 2.04. The van der Waals surface area contributed by atoms with Crippen LogP contribution in [0.2, 0.25) is 0 Å². The summed E-state index contributed by atoms with van der Waals surface area (Å²) in [6.07, 6.45) is 0. The highest BCUT2D eigenvalue weighted by molar-refractivity contribution is 5.83. The first kappa shape index (κ1) is 9.78. The summed E-state index contributed by atoms with van der Waals surface area (Å²) in [6.45, 7) is 4.53. The van der Waals surface area contributed by atoms with E-state index in [9.17, 15) is 4.79 Å². The molecule has 0 aliphatic carbocycles. The van der Waals surface area contributed by atoms with Crippen LogP contribution in [0.3, 0.4) is 0 Å². The Kier molecular flexibility index (Phi) is 3.50. The summed E-state index contributed by atoms with van der Waals surface area (Å²) in [5.41, 5.74) is 1.06. The molecule has 2 nitrogen and oxygen atoms in total. The molecule has 0 spiro atoms. The average molecular weight is 177 g/mol. The molecule has 2 heteroatoms. The van der Waals surface area contributed by atoms with Crippen LogP contribution in [0.25, 0.3) is 0 Å². The first-order valence-corrected chi connectivity index (χ1v) is 4.58. The summed E-state index contributed by atoms with van der Waals surface area (Å²) in [5.74, 6) is 0.0369. The zero-order valence-electron chi connectivity index (χ0n) is 8.08. The van der Waals surface area contributed by atoms with E-state index in [1.165, 1.54) is 0 Å². The molecular formula is C11H15NO. The van der Waals surface area contributed by atoms with Crippen LogP contribution in [0.1, 0.15) is 25.3 Å². The second-order valence-corrected chi connectivity index (χ2v) is 3.03. The zero-order valence-corrected chi connectivity index (χ0v) is 8.08. The Hall–Kier alpha value is -1.31. The SMILES string of the molecule is CCNC(=O)C(C)c1ccccc1. The molecule has 70 valence electrons. The average Bonchev–Trinajstić information content (AvgIpc) is 2.18. The van der Waals surface area contributed by atoms with E-state index in [1.807, 2.05) is 44.2 Å². The maximum Gasteiger partial charge on any atom is 0.227 e. The highest BCUT2D eigenvalue weighted by Gasteiger charge is 2.12. The van der Waals surface area contributed by atoms with Gasteiger partial charge in [0.2, 0.25) is 5.91 Å². The van der Waals surface area contributed by atoms with E-state index >= 15 is 0 Å². The Morgan fingerprint density at radius 2 is 2.00 bits per heavy atom. The summed E-state index contributed by atoms with van der Waals surface area (Å²) in [7, 11) is 0. The van der Waals surface area contributed by atoms with E-state index in [0.29, 0.717) is 6.54 Å². The molecule has 0 saturated heterocycles. The van der Waals surface area contributed by atoms with Crippen molar-refractivity contribution in [3.05, 3.63) is 35.9 Å². The Labute approximate surface area is 79.0 Å². The predicted octanol–water partition coefficient (Wildman–Crippen LogP) is 1.93. The van der Waals surface area contributed by atoms with Gasteiger partial charge in [-0.2, -0.15) is 0 Å².